The van der Waals surface area contributed by atoms with Crippen LogP contribution in [0, 0.1) is 11.8 Å². The van der Waals surface area contributed by atoms with Crippen LogP contribution >= 0.6 is 12.4 Å². The standard InChI is InChI=1S/C15H30N2O.ClH/c1-4-5-6-13-7-9-14(10-8-13)15(18)17(3)12(2)11-16;/h12-14H,4-11,16H2,1-3H3;1H. The van der Waals surface area contributed by atoms with E-state index >= 15 is 0 Å². The van der Waals surface area contributed by atoms with Crippen molar-refractivity contribution in [3.63, 3.8) is 0 Å². The summed E-state index contributed by atoms with van der Waals surface area (Å²) >= 11 is 0. The Hall–Kier alpha value is -0.280. The molecule has 0 saturated heterocycles. The van der Waals surface area contributed by atoms with E-state index in [-0.39, 0.29) is 24.4 Å². The fraction of sp³-hybridized carbons (Fsp3) is 0.933. The highest BCUT2D eigenvalue weighted by Crippen LogP contribution is 2.32. The summed E-state index contributed by atoms with van der Waals surface area (Å²) in [4.78, 5) is 14.1. The first-order valence-corrected chi connectivity index (χ1v) is 7.56. The molecule has 0 aromatic heterocycles. The van der Waals surface area contributed by atoms with Crippen LogP contribution in [0.15, 0.2) is 0 Å². The van der Waals surface area contributed by atoms with Crippen LogP contribution in [0.4, 0.5) is 0 Å². The van der Waals surface area contributed by atoms with E-state index in [2.05, 4.69) is 6.92 Å². The lowest BCUT2D eigenvalue weighted by Crippen LogP contribution is -2.43. The predicted molar refractivity (Wildman–Crippen MR) is 83.5 cm³/mol. The van der Waals surface area contributed by atoms with Crippen molar-refractivity contribution in [1.82, 2.24) is 4.90 Å². The molecule has 0 heterocycles. The molecular formula is C15H31ClN2O. The quantitative estimate of drug-likeness (QED) is 0.816. The Morgan fingerprint density at radius 2 is 1.89 bits per heavy atom. The number of hydrogen-bond donors (Lipinski definition) is 1. The van der Waals surface area contributed by atoms with Crippen LogP contribution in [0.2, 0.25) is 0 Å². The summed E-state index contributed by atoms with van der Waals surface area (Å²) in [7, 11) is 1.89. The van der Waals surface area contributed by atoms with Gasteiger partial charge < -0.3 is 10.6 Å². The molecule has 1 aliphatic rings. The highest BCUT2D eigenvalue weighted by Gasteiger charge is 2.29. The van der Waals surface area contributed by atoms with Crippen LogP contribution in [-0.2, 0) is 4.79 Å². The van der Waals surface area contributed by atoms with Crippen molar-refractivity contribution in [2.75, 3.05) is 13.6 Å². The monoisotopic (exact) mass is 290 g/mol. The van der Waals surface area contributed by atoms with Gasteiger partial charge in [-0.15, -0.1) is 12.4 Å². The highest BCUT2D eigenvalue weighted by atomic mass is 35.5. The minimum absolute atomic E-state index is 0. The van der Waals surface area contributed by atoms with Gasteiger partial charge in [0.15, 0.2) is 0 Å². The van der Waals surface area contributed by atoms with Crippen molar-refractivity contribution in [1.29, 1.82) is 0 Å². The summed E-state index contributed by atoms with van der Waals surface area (Å²) in [5, 5.41) is 0. The van der Waals surface area contributed by atoms with E-state index in [4.69, 9.17) is 5.73 Å². The van der Waals surface area contributed by atoms with E-state index in [9.17, 15) is 4.79 Å². The molecule has 1 rings (SSSR count). The van der Waals surface area contributed by atoms with E-state index in [1.165, 1.54) is 32.1 Å². The second-order valence-electron chi connectivity index (χ2n) is 5.89. The van der Waals surface area contributed by atoms with Crippen LogP contribution in [0.3, 0.4) is 0 Å². The molecule has 4 heteroatoms. The first-order valence-electron chi connectivity index (χ1n) is 7.56. The zero-order valence-electron chi connectivity index (χ0n) is 12.7. The molecule has 1 saturated carbocycles. The largest absolute Gasteiger partial charge is 0.342 e. The minimum atomic E-state index is 0. The molecule has 19 heavy (non-hydrogen) atoms. The molecule has 0 spiro atoms. The van der Waals surface area contributed by atoms with Crippen LogP contribution in [0.25, 0.3) is 0 Å². The third-order valence-corrected chi connectivity index (χ3v) is 4.51. The molecule has 0 aromatic carbocycles. The molecule has 3 nitrogen and oxygen atoms in total. The second-order valence-corrected chi connectivity index (χ2v) is 5.89. The summed E-state index contributed by atoms with van der Waals surface area (Å²) in [6.45, 7) is 4.82. The number of likely N-dealkylation sites (N-methyl/N-ethyl adjacent to an activating group) is 1. The van der Waals surface area contributed by atoms with Crippen molar-refractivity contribution in [2.45, 2.75) is 64.8 Å². The lowest BCUT2D eigenvalue weighted by atomic mass is 9.79. The topological polar surface area (TPSA) is 46.3 Å². The molecule has 0 aromatic rings. The Morgan fingerprint density at radius 1 is 1.32 bits per heavy atom. The van der Waals surface area contributed by atoms with E-state index < -0.39 is 0 Å². The molecular weight excluding hydrogens is 260 g/mol. The van der Waals surface area contributed by atoms with Gasteiger partial charge in [-0.25, -0.2) is 0 Å². The zero-order valence-corrected chi connectivity index (χ0v) is 13.5. The van der Waals surface area contributed by atoms with Crippen molar-refractivity contribution in [3.05, 3.63) is 0 Å². The number of unbranched alkanes of at least 4 members (excludes halogenated alkanes) is 1. The summed E-state index contributed by atoms with van der Waals surface area (Å²) < 4.78 is 0. The summed E-state index contributed by atoms with van der Waals surface area (Å²) in [6.07, 6.45) is 8.61. The fourth-order valence-corrected chi connectivity index (χ4v) is 2.85. The SMILES string of the molecule is CCCCC1CCC(C(=O)N(C)C(C)CN)CC1.Cl. The average molecular weight is 291 g/mol. The van der Waals surface area contributed by atoms with Crippen molar-refractivity contribution < 1.29 is 4.79 Å². The van der Waals surface area contributed by atoms with Gasteiger partial charge in [0.05, 0.1) is 0 Å². The maximum absolute atomic E-state index is 12.3. The van der Waals surface area contributed by atoms with Crippen LogP contribution in [-0.4, -0.2) is 30.4 Å². The third kappa shape index (κ3) is 5.70. The number of halogens is 1. The number of nitrogens with zero attached hydrogens (tertiary/aromatic N) is 1. The molecule has 2 N–H and O–H groups in total. The van der Waals surface area contributed by atoms with Gasteiger partial charge in [-0.2, -0.15) is 0 Å². The summed E-state index contributed by atoms with van der Waals surface area (Å²) in [5.41, 5.74) is 5.62. The molecule has 1 aliphatic carbocycles. The third-order valence-electron chi connectivity index (χ3n) is 4.51. The zero-order chi connectivity index (χ0) is 13.5. The number of amides is 1. The van der Waals surface area contributed by atoms with E-state index in [1.54, 1.807) is 0 Å². The fourth-order valence-electron chi connectivity index (χ4n) is 2.85. The van der Waals surface area contributed by atoms with Gasteiger partial charge in [0, 0.05) is 25.6 Å². The summed E-state index contributed by atoms with van der Waals surface area (Å²) in [5.74, 6) is 1.43. The number of rotatable bonds is 6. The highest BCUT2D eigenvalue weighted by molar-refractivity contribution is 5.85. The molecule has 1 unspecified atom stereocenters. The van der Waals surface area contributed by atoms with Crippen LogP contribution in [0.5, 0.6) is 0 Å². The smallest absolute Gasteiger partial charge is 0.225 e. The number of nitrogens with two attached hydrogens (primary N) is 1. The molecule has 0 aliphatic heterocycles. The van der Waals surface area contributed by atoms with Gasteiger partial charge in [0.25, 0.3) is 0 Å². The number of carbonyl (C=O) groups excluding carboxylic acids is 1. The lowest BCUT2D eigenvalue weighted by Gasteiger charge is -2.32. The molecule has 1 fully saturated rings. The number of hydrogen-bond acceptors (Lipinski definition) is 2. The van der Waals surface area contributed by atoms with Crippen molar-refractivity contribution in [2.24, 2.45) is 17.6 Å². The Labute approximate surface area is 124 Å². The molecule has 1 amide bonds. The van der Waals surface area contributed by atoms with E-state index in [1.807, 2.05) is 18.9 Å². The van der Waals surface area contributed by atoms with Gasteiger partial charge in [-0.3, -0.25) is 4.79 Å². The Morgan fingerprint density at radius 3 is 2.37 bits per heavy atom. The molecule has 0 radical (unpaired) electrons. The number of carbonyl (C=O) groups is 1. The predicted octanol–water partition coefficient (Wildman–Crippen LogP) is 3.21. The molecule has 0 bridgehead atoms. The first kappa shape index (κ1) is 18.7. The lowest BCUT2D eigenvalue weighted by molar-refractivity contribution is -0.137. The first-order chi connectivity index (χ1) is 8.60. The Balaban J connectivity index is 0.00000324. The molecule has 1 atom stereocenters. The van der Waals surface area contributed by atoms with Gasteiger partial charge >= 0.3 is 0 Å². The van der Waals surface area contributed by atoms with Crippen LogP contribution < -0.4 is 5.73 Å². The maximum Gasteiger partial charge on any atom is 0.225 e. The van der Waals surface area contributed by atoms with Crippen LogP contribution in [0.1, 0.15) is 58.8 Å². The van der Waals surface area contributed by atoms with Gasteiger partial charge in [0.1, 0.15) is 0 Å². The Bertz CT molecular complexity index is 253. The van der Waals surface area contributed by atoms with Crippen molar-refractivity contribution >= 4 is 18.3 Å². The van der Waals surface area contributed by atoms with Gasteiger partial charge in [0.2, 0.25) is 5.91 Å². The van der Waals surface area contributed by atoms with E-state index in [0.717, 1.165) is 18.8 Å². The Kier molecular flexibility index (Phi) is 9.46. The van der Waals surface area contributed by atoms with Gasteiger partial charge in [-0.05, 0) is 38.5 Å². The molecule has 114 valence electrons. The second kappa shape index (κ2) is 9.60. The average Bonchev–Trinajstić information content (AvgIpc) is 2.43. The van der Waals surface area contributed by atoms with Crippen molar-refractivity contribution in [3.8, 4) is 0 Å². The summed E-state index contributed by atoms with van der Waals surface area (Å²) in [6, 6.07) is 0.162. The maximum atomic E-state index is 12.3. The minimum Gasteiger partial charge on any atom is -0.342 e. The van der Waals surface area contributed by atoms with Gasteiger partial charge in [-0.1, -0.05) is 26.2 Å². The van der Waals surface area contributed by atoms with E-state index in [0.29, 0.717) is 12.5 Å². The normalized spacial score (nSPS) is 24.4.